The molecule has 1 aliphatic heterocycles. The number of fused-ring (bicyclic) bond motifs is 2. The molecule has 1 saturated carbocycles. The normalized spacial score (nSPS) is 22.5. The topological polar surface area (TPSA) is 102 Å². The van der Waals surface area contributed by atoms with Crippen LogP contribution in [0.4, 0.5) is 24.9 Å². The number of halogens is 3. The van der Waals surface area contributed by atoms with Gasteiger partial charge in [0, 0.05) is 56.1 Å². The Kier molecular flexibility index (Phi) is 5.99. The third-order valence-corrected chi connectivity index (χ3v) is 6.54. The lowest BCUT2D eigenvalue weighted by Crippen LogP contribution is -2.57. The Balaban J connectivity index is 0.00000124. The zero-order valence-electron chi connectivity index (χ0n) is 19.6. The molecule has 0 bridgehead atoms. The second-order valence-corrected chi connectivity index (χ2v) is 8.76. The zero-order valence-corrected chi connectivity index (χ0v) is 19.6. The fourth-order valence-corrected chi connectivity index (χ4v) is 4.76. The van der Waals surface area contributed by atoms with Crippen LogP contribution in [0.15, 0.2) is 36.8 Å². The van der Waals surface area contributed by atoms with Gasteiger partial charge in [0.05, 0.1) is 11.7 Å². The van der Waals surface area contributed by atoms with Crippen LogP contribution in [-0.4, -0.2) is 71.4 Å². The number of rotatable bonds is 4. The van der Waals surface area contributed by atoms with Crippen LogP contribution in [0.2, 0.25) is 0 Å². The van der Waals surface area contributed by atoms with Crippen molar-refractivity contribution in [3.63, 3.8) is 0 Å². The molecule has 5 heterocycles. The maximum absolute atomic E-state index is 14.8. The average Bonchev–Trinajstić information content (AvgIpc) is 3.47. The number of hydrogen-bond acceptors (Lipinski definition) is 7. The minimum absolute atomic E-state index is 0.117. The largest absolute Gasteiger partial charge is 0.382 e. The Hall–Kier alpha value is -3.41. The number of nitrogens with one attached hydrogen (secondary N) is 1. The van der Waals surface area contributed by atoms with Gasteiger partial charge in [0.1, 0.15) is 11.7 Å². The highest BCUT2D eigenvalue weighted by Gasteiger charge is 2.49. The molecule has 9 nitrogen and oxygen atoms in total. The molecule has 2 aliphatic rings. The van der Waals surface area contributed by atoms with E-state index in [1.54, 1.807) is 27.6 Å². The maximum atomic E-state index is 14.8. The summed E-state index contributed by atoms with van der Waals surface area (Å²) in [6.07, 6.45) is 4.05. The summed E-state index contributed by atoms with van der Waals surface area (Å²) in [5.41, 5.74) is 9.05. The lowest BCUT2D eigenvalue weighted by Gasteiger charge is -2.46. The van der Waals surface area contributed by atoms with E-state index in [9.17, 15) is 13.2 Å². The van der Waals surface area contributed by atoms with Crippen molar-refractivity contribution in [2.45, 2.75) is 57.3 Å². The van der Waals surface area contributed by atoms with E-state index in [1.165, 1.54) is 0 Å². The van der Waals surface area contributed by atoms with Crippen LogP contribution >= 0.6 is 0 Å². The minimum atomic E-state index is -2.61. The van der Waals surface area contributed by atoms with Crippen molar-refractivity contribution >= 4 is 22.9 Å². The van der Waals surface area contributed by atoms with Gasteiger partial charge in [-0.25, -0.2) is 27.2 Å². The lowest BCUT2D eigenvalue weighted by molar-refractivity contribution is -0.131. The molecule has 35 heavy (non-hydrogen) atoms. The molecule has 3 N–H and O–H groups in total. The number of aromatic nitrogens is 6. The van der Waals surface area contributed by atoms with E-state index in [1.807, 2.05) is 36.9 Å². The van der Waals surface area contributed by atoms with Crippen LogP contribution in [0, 0.1) is 0 Å². The Morgan fingerprint density at radius 3 is 2.63 bits per heavy atom. The van der Waals surface area contributed by atoms with Crippen molar-refractivity contribution in [2.75, 3.05) is 24.1 Å². The summed E-state index contributed by atoms with van der Waals surface area (Å²) in [5.74, 6) is -2.15. The van der Waals surface area contributed by atoms with E-state index in [0.29, 0.717) is 24.2 Å². The second-order valence-electron chi connectivity index (χ2n) is 8.76. The Bertz CT molecular complexity index is 1330. The molecule has 4 aromatic heterocycles. The first-order chi connectivity index (χ1) is 16.9. The molecule has 0 aromatic carbocycles. The first-order valence-corrected chi connectivity index (χ1v) is 11.8. The quantitative estimate of drug-likeness (QED) is 0.453. The zero-order chi connectivity index (χ0) is 24.7. The Labute approximate surface area is 200 Å². The summed E-state index contributed by atoms with van der Waals surface area (Å²) in [4.78, 5) is 10.4. The molecule has 0 spiro atoms. The third kappa shape index (κ3) is 4.38. The minimum Gasteiger partial charge on any atom is -0.382 e. The summed E-state index contributed by atoms with van der Waals surface area (Å²) in [7, 11) is 0. The van der Waals surface area contributed by atoms with Gasteiger partial charge in [-0.05, 0) is 24.6 Å². The standard InChI is InChI=1S/C21H22F3N9.C2H6/c22-14-11-31(12-9-21(23,24)10-12)6-4-16(14)27-20-28-19(25)18-13(3-7-33(18)30-20)15-1-2-17-26-5-8-32(17)29-15;1-2/h1-3,5,7-8,12,14,16H,4,6,9-11H2,(H3,25,27,28,30);1-2H3. The van der Waals surface area contributed by atoms with Crippen molar-refractivity contribution in [1.82, 2.24) is 34.1 Å². The van der Waals surface area contributed by atoms with Gasteiger partial charge in [-0.15, -0.1) is 5.10 Å². The first kappa shape index (κ1) is 23.3. The van der Waals surface area contributed by atoms with Gasteiger partial charge in [-0.2, -0.15) is 10.1 Å². The number of nitrogens with zero attached hydrogens (tertiary/aromatic N) is 7. The molecule has 2 atom stereocenters. The predicted octanol–water partition coefficient (Wildman–Crippen LogP) is 3.67. The van der Waals surface area contributed by atoms with Crippen molar-refractivity contribution in [3.05, 3.63) is 36.8 Å². The smallest absolute Gasteiger partial charge is 0.251 e. The summed E-state index contributed by atoms with van der Waals surface area (Å²) in [6, 6.07) is 4.80. The molecular weight excluding hydrogens is 459 g/mol. The number of likely N-dealkylation sites (tertiary alicyclic amines) is 1. The second kappa shape index (κ2) is 8.99. The molecule has 1 aliphatic carbocycles. The van der Waals surface area contributed by atoms with Crippen LogP contribution in [-0.2, 0) is 0 Å². The van der Waals surface area contributed by atoms with Gasteiger partial charge in [0.15, 0.2) is 11.5 Å². The molecule has 0 amide bonds. The highest BCUT2D eigenvalue weighted by Crippen LogP contribution is 2.41. The lowest BCUT2D eigenvalue weighted by atomic mass is 9.85. The van der Waals surface area contributed by atoms with Crippen molar-refractivity contribution in [2.24, 2.45) is 0 Å². The number of hydrogen-bond donors (Lipinski definition) is 2. The van der Waals surface area contributed by atoms with Gasteiger partial charge in [0.25, 0.3) is 5.92 Å². The van der Waals surface area contributed by atoms with Crippen molar-refractivity contribution in [3.8, 4) is 11.3 Å². The molecule has 0 radical (unpaired) electrons. The predicted molar refractivity (Wildman–Crippen MR) is 127 cm³/mol. The SMILES string of the molecule is CC.Nc1nc(NC2CCN(C3CC(F)(F)C3)CC2F)nn2ccc(-c3ccc4nccn4n3)c12. The molecule has 2 fully saturated rings. The number of piperidine rings is 1. The molecule has 4 aromatic rings. The van der Waals surface area contributed by atoms with Crippen molar-refractivity contribution in [1.29, 1.82) is 0 Å². The van der Waals surface area contributed by atoms with E-state index in [-0.39, 0.29) is 37.2 Å². The summed E-state index contributed by atoms with van der Waals surface area (Å²) < 4.78 is 44.4. The van der Waals surface area contributed by atoms with E-state index >= 15 is 0 Å². The fraction of sp³-hybridized carbons (Fsp3) is 0.478. The van der Waals surface area contributed by atoms with Crippen LogP contribution in [0.3, 0.4) is 0 Å². The van der Waals surface area contributed by atoms with Crippen molar-refractivity contribution < 1.29 is 13.2 Å². The highest BCUT2D eigenvalue weighted by atomic mass is 19.3. The Morgan fingerprint density at radius 2 is 1.89 bits per heavy atom. The maximum Gasteiger partial charge on any atom is 0.251 e. The van der Waals surface area contributed by atoms with E-state index in [2.05, 4.69) is 25.5 Å². The summed E-state index contributed by atoms with van der Waals surface area (Å²) in [5, 5.41) is 12.0. The molecule has 6 rings (SSSR count). The molecule has 1 saturated heterocycles. The number of imidazole rings is 1. The van der Waals surface area contributed by atoms with Crippen LogP contribution in [0.25, 0.3) is 22.4 Å². The summed E-state index contributed by atoms with van der Waals surface area (Å²) in [6.45, 7) is 4.67. The number of alkyl halides is 3. The number of nitrogens with two attached hydrogens (primary N) is 1. The number of nitrogen functional groups attached to an aromatic ring is 1. The number of anilines is 2. The summed E-state index contributed by atoms with van der Waals surface area (Å²) >= 11 is 0. The van der Waals surface area contributed by atoms with Gasteiger partial charge in [-0.3, -0.25) is 4.90 Å². The third-order valence-electron chi connectivity index (χ3n) is 6.54. The van der Waals surface area contributed by atoms with Crippen LogP contribution in [0.1, 0.15) is 33.1 Å². The fourth-order valence-electron chi connectivity index (χ4n) is 4.76. The van der Waals surface area contributed by atoms with Gasteiger partial charge < -0.3 is 11.1 Å². The van der Waals surface area contributed by atoms with E-state index in [0.717, 1.165) is 11.2 Å². The average molecular weight is 488 g/mol. The highest BCUT2D eigenvalue weighted by molar-refractivity contribution is 5.86. The molecule has 2 unspecified atom stereocenters. The monoisotopic (exact) mass is 487 g/mol. The van der Waals surface area contributed by atoms with Gasteiger partial charge in [0.2, 0.25) is 5.95 Å². The first-order valence-electron chi connectivity index (χ1n) is 11.8. The molecular formula is C23H28F3N9. The van der Waals surface area contributed by atoms with Gasteiger partial charge >= 0.3 is 0 Å². The van der Waals surface area contributed by atoms with Gasteiger partial charge in [-0.1, -0.05) is 13.8 Å². The molecule has 12 heteroatoms. The van der Waals surface area contributed by atoms with E-state index < -0.39 is 18.1 Å². The van der Waals surface area contributed by atoms with E-state index in [4.69, 9.17) is 5.73 Å². The van der Waals surface area contributed by atoms with Crippen LogP contribution < -0.4 is 11.1 Å². The Morgan fingerprint density at radius 1 is 1.09 bits per heavy atom. The molecule has 186 valence electrons. The van der Waals surface area contributed by atoms with Crippen LogP contribution in [0.5, 0.6) is 0 Å².